The zero-order valence-electron chi connectivity index (χ0n) is 8.14. The third-order valence-electron chi connectivity index (χ3n) is 1.68. The molecule has 0 unspecified atom stereocenters. The van der Waals surface area contributed by atoms with Crippen molar-refractivity contribution < 1.29 is 14.4 Å². The van der Waals surface area contributed by atoms with Crippen molar-refractivity contribution >= 4 is 29.5 Å². The summed E-state index contributed by atoms with van der Waals surface area (Å²) in [5.74, 6) is -0.454. The Kier molecular flexibility index (Phi) is 3.79. The minimum Gasteiger partial charge on any atom is -0.370 e. The molecule has 1 atom stereocenters. The molecule has 0 aliphatic rings. The molecule has 4 nitrogen and oxygen atoms in total. The van der Waals surface area contributed by atoms with Gasteiger partial charge in [-0.15, -0.1) is 11.3 Å². The molecule has 6 heteroatoms. The monoisotopic (exact) mass is 233 g/mol. The molecule has 0 saturated carbocycles. The van der Waals surface area contributed by atoms with E-state index in [1.54, 1.807) is 6.92 Å². The molecule has 0 radical (unpaired) electrons. The van der Waals surface area contributed by atoms with E-state index in [0.717, 1.165) is 5.69 Å². The molecule has 0 spiro atoms. The largest absolute Gasteiger partial charge is 0.370 e. The van der Waals surface area contributed by atoms with Gasteiger partial charge < -0.3 is 9.57 Å². The second-order valence-corrected chi connectivity index (χ2v) is 4.23. The lowest BCUT2D eigenvalue weighted by Gasteiger charge is -2.09. The Morgan fingerprint density at radius 2 is 2.36 bits per heavy atom. The van der Waals surface area contributed by atoms with Crippen molar-refractivity contribution in [1.29, 1.82) is 0 Å². The first kappa shape index (κ1) is 11.4. The molecule has 14 heavy (non-hydrogen) atoms. The van der Waals surface area contributed by atoms with Crippen LogP contribution in [0, 0.1) is 10.9 Å². The van der Waals surface area contributed by atoms with E-state index in [1.807, 2.05) is 12.3 Å². The van der Waals surface area contributed by atoms with Crippen molar-refractivity contribution in [1.82, 2.24) is 4.73 Å². The molecule has 0 aliphatic carbocycles. The van der Waals surface area contributed by atoms with Gasteiger partial charge in [-0.05, 0) is 26.1 Å². The summed E-state index contributed by atoms with van der Waals surface area (Å²) in [4.78, 5) is 16.4. The molecule has 0 N–H and O–H groups in total. The van der Waals surface area contributed by atoms with Crippen LogP contribution in [0.2, 0.25) is 0 Å². The fourth-order valence-corrected chi connectivity index (χ4v) is 1.71. The molecular weight excluding hydrogens is 222 g/mol. The quantitative estimate of drug-likeness (QED) is 0.743. The van der Waals surface area contributed by atoms with E-state index < -0.39 is 12.1 Å². The number of carbonyl (C=O) groups excluding carboxylic acids is 1. The standard InChI is InChI=1S/C8H11NO3S2/c1-5-4-14-8(13)9(5)12-7(10)6(2)11-3/h4,6H,1-3H3/t6-/m0/s1. The van der Waals surface area contributed by atoms with Gasteiger partial charge in [0.1, 0.15) is 0 Å². The van der Waals surface area contributed by atoms with Crippen LogP contribution in [-0.4, -0.2) is 23.9 Å². The van der Waals surface area contributed by atoms with E-state index in [4.69, 9.17) is 21.8 Å². The highest BCUT2D eigenvalue weighted by Crippen LogP contribution is 2.08. The van der Waals surface area contributed by atoms with Crippen LogP contribution in [0.15, 0.2) is 5.38 Å². The molecule has 0 saturated heterocycles. The Labute approximate surface area is 91.0 Å². The Hall–Kier alpha value is -0.720. The number of aromatic nitrogens is 1. The van der Waals surface area contributed by atoms with Crippen molar-refractivity contribution in [3.63, 3.8) is 0 Å². The van der Waals surface area contributed by atoms with Crippen molar-refractivity contribution in [2.75, 3.05) is 7.11 Å². The molecular formula is C8H11NO3S2. The maximum absolute atomic E-state index is 11.3. The summed E-state index contributed by atoms with van der Waals surface area (Å²) < 4.78 is 6.67. The summed E-state index contributed by atoms with van der Waals surface area (Å²) in [5, 5.41) is 1.83. The number of hydrogen-bond acceptors (Lipinski definition) is 5. The highest BCUT2D eigenvalue weighted by atomic mass is 32.1. The van der Waals surface area contributed by atoms with Crippen LogP contribution < -0.4 is 4.84 Å². The van der Waals surface area contributed by atoms with E-state index in [-0.39, 0.29) is 0 Å². The van der Waals surface area contributed by atoms with E-state index >= 15 is 0 Å². The number of ether oxygens (including phenoxy) is 1. The predicted octanol–water partition coefficient (Wildman–Crippen LogP) is 1.58. The Bertz CT molecular complexity index is 382. The van der Waals surface area contributed by atoms with Crippen LogP contribution >= 0.6 is 23.6 Å². The molecule has 1 heterocycles. The Morgan fingerprint density at radius 1 is 1.71 bits per heavy atom. The van der Waals surface area contributed by atoms with Crippen LogP contribution in [0.5, 0.6) is 0 Å². The van der Waals surface area contributed by atoms with Crippen LogP contribution in [0.1, 0.15) is 12.6 Å². The number of rotatable bonds is 3. The van der Waals surface area contributed by atoms with Crippen LogP contribution in [-0.2, 0) is 9.53 Å². The van der Waals surface area contributed by atoms with Gasteiger partial charge in [0, 0.05) is 12.5 Å². The molecule has 0 bridgehead atoms. The number of aryl methyl sites for hydroxylation is 1. The average molecular weight is 233 g/mol. The van der Waals surface area contributed by atoms with Gasteiger partial charge in [-0.1, -0.05) is 0 Å². The topological polar surface area (TPSA) is 40.5 Å². The summed E-state index contributed by atoms with van der Waals surface area (Å²) in [6, 6.07) is 0. The first-order valence-corrected chi connectivity index (χ1v) is 5.27. The predicted molar refractivity (Wildman–Crippen MR) is 55.9 cm³/mol. The summed E-state index contributed by atoms with van der Waals surface area (Å²) in [7, 11) is 1.45. The maximum Gasteiger partial charge on any atom is 0.361 e. The van der Waals surface area contributed by atoms with Crippen molar-refractivity contribution in [2.45, 2.75) is 20.0 Å². The number of hydrogen-bond donors (Lipinski definition) is 0. The summed E-state index contributed by atoms with van der Waals surface area (Å²) in [6.07, 6.45) is -0.587. The highest BCUT2D eigenvalue weighted by molar-refractivity contribution is 7.73. The molecule has 78 valence electrons. The third kappa shape index (κ3) is 2.40. The molecule has 0 fully saturated rings. The first-order valence-electron chi connectivity index (χ1n) is 3.98. The molecule has 1 aromatic rings. The van der Waals surface area contributed by atoms with Gasteiger partial charge in [0.05, 0.1) is 5.69 Å². The Balaban J connectivity index is 2.79. The third-order valence-corrected chi connectivity index (χ3v) is 2.96. The van der Waals surface area contributed by atoms with Gasteiger partial charge >= 0.3 is 5.97 Å². The lowest BCUT2D eigenvalue weighted by atomic mass is 10.4. The first-order chi connectivity index (χ1) is 6.56. The normalized spacial score (nSPS) is 12.5. The fraction of sp³-hybridized carbons (Fsp3) is 0.500. The van der Waals surface area contributed by atoms with Gasteiger partial charge in [0.25, 0.3) is 0 Å². The van der Waals surface area contributed by atoms with E-state index in [2.05, 4.69) is 0 Å². The second-order valence-electron chi connectivity index (χ2n) is 2.73. The van der Waals surface area contributed by atoms with E-state index in [1.165, 1.54) is 23.2 Å². The zero-order valence-corrected chi connectivity index (χ0v) is 9.78. The van der Waals surface area contributed by atoms with E-state index in [0.29, 0.717) is 3.95 Å². The zero-order chi connectivity index (χ0) is 10.7. The fourth-order valence-electron chi connectivity index (χ4n) is 0.745. The van der Waals surface area contributed by atoms with Gasteiger partial charge in [-0.25, -0.2) is 4.79 Å². The average Bonchev–Trinajstić information content (AvgIpc) is 2.48. The van der Waals surface area contributed by atoms with Crippen LogP contribution in [0.4, 0.5) is 0 Å². The van der Waals surface area contributed by atoms with Crippen LogP contribution in [0.3, 0.4) is 0 Å². The summed E-state index contributed by atoms with van der Waals surface area (Å²) in [5.41, 5.74) is 0.802. The lowest BCUT2D eigenvalue weighted by Crippen LogP contribution is -2.30. The van der Waals surface area contributed by atoms with Crippen molar-refractivity contribution in [3.8, 4) is 0 Å². The molecule has 0 amide bonds. The second kappa shape index (κ2) is 4.68. The van der Waals surface area contributed by atoms with Crippen molar-refractivity contribution in [2.24, 2.45) is 0 Å². The smallest absolute Gasteiger partial charge is 0.361 e. The minimum absolute atomic E-state index is 0.454. The van der Waals surface area contributed by atoms with E-state index in [9.17, 15) is 4.79 Å². The number of nitrogens with zero attached hydrogens (tertiary/aromatic N) is 1. The van der Waals surface area contributed by atoms with Gasteiger partial charge in [0.2, 0.25) is 0 Å². The Morgan fingerprint density at radius 3 is 2.79 bits per heavy atom. The lowest BCUT2D eigenvalue weighted by molar-refractivity contribution is -0.155. The summed E-state index contributed by atoms with van der Waals surface area (Å²) in [6.45, 7) is 3.44. The summed E-state index contributed by atoms with van der Waals surface area (Å²) >= 11 is 6.33. The maximum atomic E-state index is 11.3. The van der Waals surface area contributed by atoms with Gasteiger partial charge in [-0.3, -0.25) is 0 Å². The van der Waals surface area contributed by atoms with Gasteiger partial charge in [-0.2, -0.15) is 4.73 Å². The molecule has 0 aliphatic heterocycles. The number of thiazole rings is 1. The molecule has 1 aromatic heterocycles. The van der Waals surface area contributed by atoms with Gasteiger partial charge in [0.15, 0.2) is 10.1 Å². The van der Waals surface area contributed by atoms with Crippen molar-refractivity contribution in [3.05, 3.63) is 15.0 Å². The highest BCUT2D eigenvalue weighted by Gasteiger charge is 2.15. The minimum atomic E-state index is -0.587. The van der Waals surface area contributed by atoms with Crippen LogP contribution in [0.25, 0.3) is 0 Å². The number of carbonyl (C=O) groups is 1. The molecule has 1 rings (SSSR count). The molecule has 0 aromatic carbocycles. The SMILES string of the molecule is CO[C@@H](C)C(=O)On1c(C)csc1=S. The number of methoxy groups -OCH3 is 1.